The Labute approximate surface area is 105 Å². The van der Waals surface area contributed by atoms with E-state index in [1.54, 1.807) is 12.1 Å². The topological polar surface area (TPSA) is 66.6 Å². The number of hydrogen-bond donors (Lipinski definition) is 2. The molecule has 0 saturated carbocycles. The van der Waals surface area contributed by atoms with Crippen LogP contribution in [0.1, 0.15) is 30.9 Å². The Morgan fingerprint density at radius 2 is 2.00 bits per heavy atom. The van der Waals surface area contributed by atoms with Crippen LogP contribution in [0.25, 0.3) is 0 Å². The Balaban J connectivity index is 2.21. The molecule has 1 aromatic rings. The van der Waals surface area contributed by atoms with Crippen LogP contribution in [0.5, 0.6) is 0 Å². The van der Waals surface area contributed by atoms with Gasteiger partial charge < -0.3 is 15.7 Å². The fourth-order valence-electron chi connectivity index (χ4n) is 2.25. The van der Waals surface area contributed by atoms with E-state index < -0.39 is 17.8 Å². The van der Waals surface area contributed by atoms with E-state index in [9.17, 15) is 9.18 Å². The summed E-state index contributed by atoms with van der Waals surface area (Å²) < 4.78 is 14.0. The molecule has 3 N–H and O–H groups in total. The van der Waals surface area contributed by atoms with Gasteiger partial charge in [0.2, 0.25) is 0 Å². The minimum Gasteiger partial charge on any atom is -0.480 e. The van der Waals surface area contributed by atoms with Crippen LogP contribution in [0, 0.1) is 5.82 Å². The number of halogens is 1. The third kappa shape index (κ3) is 2.61. The summed E-state index contributed by atoms with van der Waals surface area (Å²) in [5.41, 5.74) is 6.29. The van der Waals surface area contributed by atoms with E-state index in [4.69, 9.17) is 10.8 Å². The molecule has 1 aliphatic rings. The zero-order valence-corrected chi connectivity index (χ0v) is 10.1. The van der Waals surface area contributed by atoms with Gasteiger partial charge >= 0.3 is 5.97 Å². The molecule has 0 spiro atoms. The molecule has 5 heteroatoms. The largest absolute Gasteiger partial charge is 0.480 e. The minimum atomic E-state index is -1.17. The number of carboxylic acid groups (broad SMARTS) is 1. The van der Waals surface area contributed by atoms with Gasteiger partial charge in [0.25, 0.3) is 0 Å². The van der Waals surface area contributed by atoms with Crippen molar-refractivity contribution in [3.63, 3.8) is 0 Å². The highest BCUT2D eigenvalue weighted by molar-refractivity contribution is 5.75. The SMILES string of the molecule is NC(C(=O)O)c1ccc(N2CCCCC2)c(F)c1. The van der Waals surface area contributed by atoms with Gasteiger partial charge in [-0.25, -0.2) is 4.39 Å². The van der Waals surface area contributed by atoms with Gasteiger partial charge in [-0.3, -0.25) is 4.79 Å². The van der Waals surface area contributed by atoms with Gasteiger partial charge in [0.1, 0.15) is 11.9 Å². The maximum Gasteiger partial charge on any atom is 0.325 e. The zero-order chi connectivity index (χ0) is 13.1. The summed E-state index contributed by atoms with van der Waals surface area (Å²) in [6.07, 6.45) is 3.31. The molecular formula is C13H17FN2O2. The molecule has 0 amide bonds. The molecule has 1 unspecified atom stereocenters. The van der Waals surface area contributed by atoms with Gasteiger partial charge in [0, 0.05) is 13.1 Å². The number of hydrogen-bond acceptors (Lipinski definition) is 3. The summed E-state index contributed by atoms with van der Waals surface area (Å²) in [7, 11) is 0. The van der Waals surface area contributed by atoms with E-state index in [-0.39, 0.29) is 0 Å². The monoisotopic (exact) mass is 252 g/mol. The molecule has 4 nitrogen and oxygen atoms in total. The van der Waals surface area contributed by atoms with Gasteiger partial charge in [-0.15, -0.1) is 0 Å². The number of nitrogens with two attached hydrogens (primary N) is 1. The van der Waals surface area contributed by atoms with Crippen LogP contribution >= 0.6 is 0 Å². The second-order valence-electron chi connectivity index (χ2n) is 4.57. The van der Waals surface area contributed by atoms with Gasteiger partial charge in [0.15, 0.2) is 0 Å². The van der Waals surface area contributed by atoms with Crippen LogP contribution in [0.15, 0.2) is 18.2 Å². The molecule has 1 saturated heterocycles. The zero-order valence-electron chi connectivity index (χ0n) is 10.1. The number of aliphatic carboxylic acids is 1. The molecule has 0 aromatic heterocycles. The predicted octanol–water partition coefficient (Wildman–Crippen LogP) is 1.90. The lowest BCUT2D eigenvalue weighted by Gasteiger charge is -2.29. The van der Waals surface area contributed by atoms with Crippen molar-refractivity contribution in [2.75, 3.05) is 18.0 Å². The molecule has 0 bridgehead atoms. The fraction of sp³-hybridized carbons (Fsp3) is 0.462. The van der Waals surface area contributed by atoms with E-state index in [0.717, 1.165) is 25.9 Å². The molecule has 1 heterocycles. The van der Waals surface area contributed by atoms with Crippen molar-refractivity contribution in [2.24, 2.45) is 5.73 Å². The number of nitrogens with zero attached hydrogens (tertiary/aromatic N) is 1. The van der Waals surface area contributed by atoms with Gasteiger partial charge in [0.05, 0.1) is 5.69 Å². The number of carboxylic acids is 1. The predicted molar refractivity (Wildman–Crippen MR) is 67.0 cm³/mol. The lowest BCUT2D eigenvalue weighted by Crippen LogP contribution is -2.30. The average Bonchev–Trinajstić information content (AvgIpc) is 2.38. The molecule has 1 atom stereocenters. The summed E-state index contributed by atoms with van der Waals surface area (Å²) in [4.78, 5) is 12.7. The second-order valence-corrected chi connectivity index (χ2v) is 4.57. The number of benzene rings is 1. The van der Waals surface area contributed by atoms with Crippen molar-refractivity contribution >= 4 is 11.7 Å². The van der Waals surface area contributed by atoms with E-state index in [0.29, 0.717) is 11.3 Å². The van der Waals surface area contributed by atoms with Crippen molar-refractivity contribution < 1.29 is 14.3 Å². The van der Waals surface area contributed by atoms with Crippen molar-refractivity contribution in [3.8, 4) is 0 Å². The van der Waals surface area contributed by atoms with Crippen molar-refractivity contribution in [1.82, 2.24) is 0 Å². The number of piperidine rings is 1. The minimum absolute atomic E-state index is 0.292. The van der Waals surface area contributed by atoms with Crippen molar-refractivity contribution in [3.05, 3.63) is 29.6 Å². The van der Waals surface area contributed by atoms with Crippen LogP contribution in [-0.4, -0.2) is 24.2 Å². The van der Waals surface area contributed by atoms with E-state index >= 15 is 0 Å². The van der Waals surface area contributed by atoms with Crippen LogP contribution in [0.2, 0.25) is 0 Å². The molecule has 1 fully saturated rings. The second kappa shape index (κ2) is 5.35. The highest BCUT2D eigenvalue weighted by Gasteiger charge is 2.19. The Morgan fingerprint density at radius 1 is 1.33 bits per heavy atom. The van der Waals surface area contributed by atoms with E-state index in [1.165, 1.54) is 12.5 Å². The Bertz CT molecular complexity index is 445. The summed E-state index contributed by atoms with van der Waals surface area (Å²) in [5.74, 6) is -1.55. The number of anilines is 1. The normalized spacial score (nSPS) is 17.6. The van der Waals surface area contributed by atoms with E-state index in [1.807, 2.05) is 4.90 Å². The van der Waals surface area contributed by atoms with Crippen molar-refractivity contribution in [1.29, 1.82) is 0 Å². The first-order chi connectivity index (χ1) is 8.59. The molecule has 1 aromatic carbocycles. The maximum absolute atomic E-state index is 14.0. The Hall–Kier alpha value is -1.62. The standard InChI is InChI=1S/C13H17FN2O2/c14-10-8-9(12(15)13(17)18)4-5-11(10)16-6-2-1-3-7-16/h4-5,8,12H,1-3,6-7,15H2,(H,17,18). The summed E-state index contributed by atoms with van der Waals surface area (Å²) in [5, 5.41) is 8.79. The molecule has 98 valence electrons. The Morgan fingerprint density at radius 3 is 2.56 bits per heavy atom. The molecule has 2 rings (SSSR count). The van der Waals surface area contributed by atoms with Crippen LogP contribution in [0.3, 0.4) is 0 Å². The maximum atomic E-state index is 14.0. The molecule has 0 aliphatic carbocycles. The molecule has 18 heavy (non-hydrogen) atoms. The first-order valence-corrected chi connectivity index (χ1v) is 6.12. The number of rotatable bonds is 3. The van der Waals surface area contributed by atoms with E-state index in [2.05, 4.69) is 0 Å². The number of carbonyl (C=O) groups is 1. The Kier molecular flexibility index (Phi) is 3.81. The third-order valence-electron chi connectivity index (χ3n) is 3.29. The lowest BCUT2D eigenvalue weighted by atomic mass is 10.1. The summed E-state index contributed by atoms with van der Waals surface area (Å²) in [6, 6.07) is 3.27. The lowest BCUT2D eigenvalue weighted by molar-refractivity contribution is -0.138. The highest BCUT2D eigenvalue weighted by Crippen LogP contribution is 2.25. The smallest absolute Gasteiger partial charge is 0.325 e. The average molecular weight is 252 g/mol. The quantitative estimate of drug-likeness (QED) is 0.862. The molecular weight excluding hydrogens is 235 g/mol. The van der Waals surface area contributed by atoms with Gasteiger partial charge in [-0.2, -0.15) is 0 Å². The van der Waals surface area contributed by atoms with Crippen LogP contribution in [-0.2, 0) is 4.79 Å². The highest BCUT2D eigenvalue weighted by atomic mass is 19.1. The molecule has 1 aliphatic heterocycles. The first kappa shape index (κ1) is 12.8. The fourth-order valence-corrected chi connectivity index (χ4v) is 2.25. The van der Waals surface area contributed by atoms with Crippen LogP contribution < -0.4 is 10.6 Å². The molecule has 0 radical (unpaired) electrons. The summed E-state index contributed by atoms with van der Waals surface area (Å²) >= 11 is 0. The first-order valence-electron chi connectivity index (χ1n) is 6.12. The van der Waals surface area contributed by atoms with Gasteiger partial charge in [-0.05, 0) is 37.0 Å². The third-order valence-corrected chi connectivity index (χ3v) is 3.29. The van der Waals surface area contributed by atoms with Crippen LogP contribution in [0.4, 0.5) is 10.1 Å². The summed E-state index contributed by atoms with van der Waals surface area (Å²) in [6.45, 7) is 1.70. The van der Waals surface area contributed by atoms with Crippen molar-refractivity contribution in [2.45, 2.75) is 25.3 Å². The van der Waals surface area contributed by atoms with Gasteiger partial charge in [-0.1, -0.05) is 6.07 Å².